The monoisotopic (exact) mass is 446 g/mol. The summed E-state index contributed by atoms with van der Waals surface area (Å²) in [5.41, 5.74) is 4.24. The number of ketones is 1. The van der Waals surface area contributed by atoms with Gasteiger partial charge in [-0.25, -0.2) is 4.79 Å². The molecule has 0 bridgehead atoms. The first-order valence-corrected chi connectivity index (χ1v) is 10.7. The number of aromatic amines is 1. The summed E-state index contributed by atoms with van der Waals surface area (Å²) in [5.74, 6) is 1.20. The van der Waals surface area contributed by atoms with E-state index in [0.717, 1.165) is 40.8 Å². The Morgan fingerprint density at radius 1 is 1.35 bits per heavy atom. The van der Waals surface area contributed by atoms with Gasteiger partial charge in [0.15, 0.2) is 10.9 Å². The normalized spacial score (nSPS) is 13.6. The molecule has 3 aromatic heterocycles. The number of carbonyl (C=O) groups is 1. The highest BCUT2D eigenvalue weighted by Crippen LogP contribution is 2.40. The van der Waals surface area contributed by atoms with Crippen LogP contribution >= 0.6 is 11.8 Å². The first-order chi connectivity index (χ1) is 15.0. The molecule has 3 N–H and O–H groups in total. The molecule has 0 atom stereocenters. The molecule has 1 saturated carbocycles. The van der Waals surface area contributed by atoms with Crippen LogP contribution in [0.2, 0.25) is 0 Å². The van der Waals surface area contributed by atoms with Gasteiger partial charge >= 0.3 is 5.69 Å². The van der Waals surface area contributed by atoms with Crippen molar-refractivity contribution in [3.8, 4) is 0 Å². The Bertz CT molecular complexity index is 1190. The summed E-state index contributed by atoms with van der Waals surface area (Å²) in [6.45, 7) is 0.777. The molecule has 31 heavy (non-hydrogen) atoms. The van der Waals surface area contributed by atoms with E-state index in [1.54, 1.807) is 12.3 Å². The number of nitrogens with two attached hydrogens (primary N) is 1. The predicted molar refractivity (Wildman–Crippen MR) is 112 cm³/mol. The van der Waals surface area contributed by atoms with E-state index >= 15 is 0 Å². The van der Waals surface area contributed by atoms with Gasteiger partial charge in [0.25, 0.3) is 5.56 Å². The lowest BCUT2D eigenvalue weighted by Gasteiger charge is -2.12. The number of ether oxygens (including phenoxy) is 1. The van der Waals surface area contributed by atoms with Crippen molar-refractivity contribution >= 4 is 23.4 Å². The number of anilines is 1. The molecule has 1 aliphatic carbocycles. The van der Waals surface area contributed by atoms with Gasteiger partial charge in [-0.05, 0) is 25.0 Å². The van der Waals surface area contributed by atoms with Gasteiger partial charge < -0.3 is 14.9 Å². The van der Waals surface area contributed by atoms with Crippen molar-refractivity contribution in [2.75, 3.05) is 25.2 Å². The Morgan fingerprint density at radius 3 is 2.84 bits per heavy atom. The van der Waals surface area contributed by atoms with Gasteiger partial charge in [-0.3, -0.25) is 23.7 Å². The Labute approximate surface area is 180 Å². The van der Waals surface area contributed by atoms with E-state index in [2.05, 4.69) is 15.2 Å². The molecule has 0 unspecified atom stereocenters. The predicted octanol–water partition coefficient (Wildman–Crippen LogP) is 0.850. The molecule has 1 aliphatic rings. The standard InChI is InChI=1S/C19H22N6O5S/c1-29-8-6-24-15(20)14(17(27)21-18(24)28)13(26)10-31-19-23-22-16(11-4-5-11)25(19)9-12-3-2-7-30-12/h2-3,7,11H,4-6,8-10,20H2,1H3,(H,21,27,28). The highest BCUT2D eigenvalue weighted by atomic mass is 32.2. The summed E-state index contributed by atoms with van der Waals surface area (Å²) >= 11 is 1.16. The van der Waals surface area contributed by atoms with E-state index in [9.17, 15) is 14.4 Å². The van der Waals surface area contributed by atoms with Gasteiger partial charge in [0.05, 0.1) is 31.7 Å². The van der Waals surface area contributed by atoms with E-state index in [0.29, 0.717) is 17.6 Å². The largest absolute Gasteiger partial charge is 0.467 e. The van der Waals surface area contributed by atoms with Gasteiger partial charge in [-0.2, -0.15) is 0 Å². The number of furan rings is 1. The number of rotatable bonds is 10. The fraction of sp³-hybridized carbons (Fsp3) is 0.421. The first-order valence-electron chi connectivity index (χ1n) is 9.72. The molecule has 3 heterocycles. The quantitative estimate of drug-likeness (QED) is 0.341. The summed E-state index contributed by atoms with van der Waals surface area (Å²) in [4.78, 5) is 39.3. The lowest BCUT2D eigenvalue weighted by atomic mass is 10.2. The Kier molecular flexibility index (Phi) is 6.09. The molecule has 1 fully saturated rings. The molecule has 0 amide bonds. The molecule has 0 spiro atoms. The van der Waals surface area contributed by atoms with Crippen molar-refractivity contribution in [1.29, 1.82) is 0 Å². The van der Waals surface area contributed by atoms with Crippen molar-refractivity contribution < 1.29 is 13.9 Å². The van der Waals surface area contributed by atoms with Gasteiger partial charge in [0.1, 0.15) is 23.0 Å². The van der Waals surface area contributed by atoms with Crippen LogP contribution in [0.5, 0.6) is 0 Å². The van der Waals surface area contributed by atoms with E-state index < -0.39 is 17.0 Å². The maximum atomic E-state index is 12.8. The van der Waals surface area contributed by atoms with E-state index in [4.69, 9.17) is 14.9 Å². The number of H-pyrrole nitrogens is 1. The van der Waals surface area contributed by atoms with Gasteiger partial charge in [0.2, 0.25) is 0 Å². The van der Waals surface area contributed by atoms with Gasteiger partial charge in [-0.1, -0.05) is 11.8 Å². The van der Waals surface area contributed by atoms with Crippen LogP contribution in [0.3, 0.4) is 0 Å². The molecule has 0 saturated heterocycles. The van der Waals surface area contributed by atoms with Gasteiger partial charge in [-0.15, -0.1) is 10.2 Å². The molecule has 0 radical (unpaired) electrons. The van der Waals surface area contributed by atoms with Crippen molar-refractivity contribution in [2.45, 2.75) is 37.0 Å². The number of thioether (sulfide) groups is 1. The average molecular weight is 446 g/mol. The smallest absolute Gasteiger partial charge is 0.330 e. The van der Waals surface area contributed by atoms with E-state index in [-0.39, 0.29) is 30.3 Å². The highest BCUT2D eigenvalue weighted by molar-refractivity contribution is 7.99. The van der Waals surface area contributed by atoms with Gasteiger partial charge in [0, 0.05) is 13.0 Å². The van der Waals surface area contributed by atoms with Crippen LogP contribution in [0.15, 0.2) is 37.6 Å². The Hall–Kier alpha value is -3.12. The number of nitrogens with one attached hydrogen (secondary N) is 1. The molecule has 0 aliphatic heterocycles. The average Bonchev–Trinajstić information content (AvgIpc) is 3.29. The number of nitrogen functional groups attached to an aromatic ring is 1. The molecule has 3 aromatic rings. The summed E-state index contributed by atoms with van der Waals surface area (Å²) in [6, 6.07) is 3.67. The number of carbonyl (C=O) groups excluding carboxylic acids is 1. The third kappa shape index (κ3) is 4.49. The fourth-order valence-electron chi connectivity index (χ4n) is 3.22. The second-order valence-corrected chi connectivity index (χ2v) is 8.10. The summed E-state index contributed by atoms with van der Waals surface area (Å²) in [7, 11) is 1.48. The molecule has 4 rings (SSSR count). The second-order valence-electron chi connectivity index (χ2n) is 7.16. The highest BCUT2D eigenvalue weighted by Gasteiger charge is 2.31. The number of hydrogen-bond donors (Lipinski definition) is 2. The third-order valence-corrected chi connectivity index (χ3v) is 5.92. The minimum Gasteiger partial charge on any atom is -0.467 e. The van der Waals surface area contributed by atoms with Crippen molar-refractivity contribution in [1.82, 2.24) is 24.3 Å². The Balaban J connectivity index is 1.56. The SMILES string of the molecule is COCCn1c(N)c(C(=O)CSc2nnc(C3CC3)n2Cc2ccco2)c(=O)[nH]c1=O. The van der Waals surface area contributed by atoms with Crippen LogP contribution in [0.1, 0.15) is 40.7 Å². The van der Waals surface area contributed by atoms with Crippen LogP contribution < -0.4 is 17.0 Å². The van der Waals surface area contributed by atoms with Crippen LogP contribution in [0, 0.1) is 0 Å². The van der Waals surface area contributed by atoms with Crippen LogP contribution in [0.25, 0.3) is 0 Å². The molecular formula is C19H22N6O5S. The number of nitrogens with zero attached hydrogens (tertiary/aromatic N) is 4. The molecule has 164 valence electrons. The molecule has 0 aromatic carbocycles. The zero-order valence-electron chi connectivity index (χ0n) is 16.9. The molecule has 11 nitrogen and oxygen atoms in total. The van der Waals surface area contributed by atoms with Crippen molar-refractivity contribution in [3.05, 3.63) is 56.4 Å². The zero-order valence-corrected chi connectivity index (χ0v) is 17.7. The molecular weight excluding hydrogens is 424 g/mol. The Morgan fingerprint density at radius 2 is 2.16 bits per heavy atom. The number of hydrogen-bond acceptors (Lipinski definition) is 9. The number of aromatic nitrogens is 5. The summed E-state index contributed by atoms with van der Waals surface area (Å²) in [6.07, 6.45) is 3.70. The maximum absolute atomic E-state index is 12.8. The lowest BCUT2D eigenvalue weighted by Crippen LogP contribution is -2.37. The van der Waals surface area contributed by atoms with E-state index in [1.165, 1.54) is 7.11 Å². The topological polar surface area (TPSA) is 151 Å². The van der Waals surface area contributed by atoms with Crippen LogP contribution in [-0.4, -0.2) is 49.6 Å². The maximum Gasteiger partial charge on any atom is 0.330 e. The lowest BCUT2D eigenvalue weighted by molar-refractivity contribution is 0.102. The minimum atomic E-state index is -0.808. The first kappa shape index (κ1) is 21.1. The number of Topliss-reactive ketones (excluding diaryl/α,β-unsaturated/α-hetero) is 1. The third-order valence-electron chi connectivity index (χ3n) is 4.95. The second kappa shape index (κ2) is 8.94. The van der Waals surface area contributed by atoms with Crippen LogP contribution in [-0.2, 0) is 17.8 Å². The minimum absolute atomic E-state index is 0.0866. The zero-order chi connectivity index (χ0) is 22.0. The molecule has 12 heteroatoms. The summed E-state index contributed by atoms with van der Waals surface area (Å²) in [5, 5.41) is 9.08. The van der Waals surface area contributed by atoms with Crippen molar-refractivity contribution in [3.63, 3.8) is 0 Å². The van der Waals surface area contributed by atoms with Crippen molar-refractivity contribution in [2.24, 2.45) is 0 Å². The number of methoxy groups -OCH3 is 1. The van der Waals surface area contributed by atoms with Crippen LogP contribution in [0.4, 0.5) is 5.82 Å². The van der Waals surface area contributed by atoms with E-state index in [1.807, 2.05) is 10.6 Å². The summed E-state index contributed by atoms with van der Waals surface area (Å²) < 4.78 is 13.4. The fourth-order valence-corrected chi connectivity index (χ4v) is 4.04.